The molecule has 10 heavy (non-hydrogen) atoms. The molecule has 0 heterocycles. The van der Waals surface area contributed by atoms with Crippen molar-refractivity contribution in [2.75, 3.05) is 0 Å². The summed E-state index contributed by atoms with van der Waals surface area (Å²) in [5.41, 5.74) is 0. The molecule has 0 aliphatic carbocycles. The Hall–Kier alpha value is 0.400. The van der Waals surface area contributed by atoms with Crippen molar-refractivity contribution in [3.8, 4) is 0 Å². The number of alkyl halides is 4. The van der Waals surface area contributed by atoms with Crippen LogP contribution in [0.25, 0.3) is 0 Å². The van der Waals surface area contributed by atoms with Gasteiger partial charge in [-0.15, -0.1) is 11.6 Å². The van der Waals surface area contributed by atoms with E-state index in [-0.39, 0.29) is 0 Å². The van der Waals surface area contributed by atoms with Crippen LogP contribution >= 0.6 is 34.8 Å². The van der Waals surface area contributed by atoms with Gasteiger partial charge in [-0.25, -0.2) is 0 Å². The molecule has 1 atom stereocenters. The largest absolute Gasteiger partial charge is 0.408 e. The number of hydrogen-bond donors (Lipinski definition) is 0. The lowest BCUT2D eigenvalue weighted by Crippen LogP contribution is -2.20. The molecule has 0 fully saturated rings. The van der Waals surface area contributed by atoms with Crippen molar-refractivity contribution in [2.45, 2.75) is 11.6 Å². The Kier molecular flexibility index (Phi) is 3.84. The van der Waals surface area contributed by atoms with Gasteiger partial charge in [0.05, 0.1) is 0 Å². The third kappa shape index (κ3) is 4.25. The lowest BCUT2D eigenvalue weighted by Gasteiger charge is -2.07. The molecule has 0 aromatic carbocycles. The quantitative estimate of drug-likeness (QED) is 0.585. The molecule has 0 rings (SSSR count). The van der Waals surface area contributed by atoms with Crippen LogP contribution in [0.5, 0.6) is 0 Å². The molecule has 0 aromatic rings. The number of rotatable bonds is 1. The van der Waals surface area contributed by atoms with Crippen molar-refractivity contribution in [3.05, 3.63) is 10.6 Å². The second-order valence-corrected chi connectivity index (χ2v) is 2.88. The summed E-state index contributed by atoms with van der Waals surface area (Å²) in [6.07, 6.45) is -3.98. The van der Waals surface area contributed by atoms with Gasteiger partial charge in [0, 0.05) is 0 Å². The average molecular weight is 213 g/mol. The maximum atomic E-state index is 11.5. The summed E-state index contributed by atoms with van der Waals surface area (Å²) in [5, 5.41) is -2.11. The van der Waals surface area contributed by atoms with E-state index < -0.39 is 16.0 Å². The van der Waals surface area contributed by atoms with Gasteiger partial charge < -0.3 is 0 Å². The molecular weight excluding hydrogens is 211 g/mol. The monoisotopic (exact) mass is 212 g/mol. The van der Waals surface area contributed by atoms with Crippen molar-refractivity contribution >= 4 is 34.8 Å². The van der Waals surface area contributed by atoms with E-state index in [9.17, 15) is 13.2 Å². The first-order valence-corrected chi connectivity index (χ1v) is 3.27. The van der Waals surface area contributed by atoms with Crippen molar-refractivity contribution in [2.24, 2.45) is 0 Å². The predicted octanol–water partition coefficient (Wildman–Crippen LogP) is 3.48. The second-order valence-electron chi connectivity index (χ2n) is 1.40. The Balaban J connectivity index is 4.11. The molecule has 60 valence electrons. The predicted molar refractivity (Wildman–Crippen MR) is 35.5 cm³/mol. The first-order valence-electron chi connectivity index (χ1n) is 2.07. The summed E-state index contributed by atoms with van der Waals surface area (Å²) in [7, 11) is 0. The average Bonchev–Trinajstić information content (AvgIpc) is 1.60. The first-order chi connectivity index (χ1) is 4.34. The first kappa shape index (κ1) is 10.4. The summed E-state index contributed by atoms with van der Waals surface area (Å²) < 4.78 is 34.1. The second kappa shape index (κ2) is 3.69. The standard InChI is InChI=1S/C4H2Cl3F3/c5-2(1-3(6)7)4(8,9)10/h1-2H/t2-/m0/s1. The molecule has 0 saturated carbocycles. The Labute approximate surface area is 70.6 Å². The van der Waals surface area contributed by atoms with Gasteiger partial charge in [0.25, 0.3) is 0 Å². The van der Waals surface area contributed by atoms with Crippen LogP contribution in [-0.4, -0.2) is 11.6 Å². The Morgan fingerprint density at radius 1 is 1.30 bits per heavy atom. The fourth-order valence-electron chi connectivity index (χ4n) is 0.205. The van der Waals surface area contributed by atoms with Crippen molar-refractivity contribution in [1.82, 2.24) is 0 Å². The molecule has 0 saturated heterocycles. The Morgan fingerprint density at radius 2 is 1.70 bits per heavy atom. The van der Waals surface area contributed by atoms with Gasteiger partial charge in [-0.3, -0.25) is 0 Å². The highest BCUT2D eigenvalue weighted by Crippen LogP contribution is 2.27. The highest BCUT2D eigenvalue weighted by Gasteiger charge is 2.36. The van der Waals surface area contributed by atoms with Crippen LogP contribution in [-0.2, 0) is 0 Å². The third-order valence-electron chi connectivity index (χ3n) is 0.585. The zero-order chi connectivity index (χ0) is 8.36. The number of allylic oxidation sites excluding steroid dienone is 1. The molecule has 0 bridgehead atoms. The minimum absolute atomic E-state index is 0.489. The van der Waals surface area contributed by atoms with Gasteiger partial charge in [-0.2, -0.15) is 13.2 Å². The van der Waals surface area contributed by atoms with E-state index in [4.69, 9.17) is 34.8 Å². The Bertz CT molecular complexity index is 135. The zero-order valence-electron chi connectivity index (χ0n) is 4.42. The maximum absolute atomic E-state index is 11.5. The van der Waals surface area contributed by atoms with Crippen LogP contribution in [0.4, 0.5) is 13.2 Å². The van der Waals surface area contributed by atoms with E-state index in [1.165, 1.54) is 0 Å². The highest BCUT2D eigenvalue weighted by atomic mass is 35.5. The summed E-state index contributed by atoms with van der Waals surface area (Å²) in [6, 6.07) is 0. The SMILES string of the molecule is FC(F)(F)[C@@H](Cl)C=C(Cl)Cl. The van der Waals surface area contributed by atoms with E-state index in [1.54, 1.807) is 0 Å². The number of hydrogen-bond acceptors (Lipinski definition) is 0. The zero-order valence-corrected chi connectivity index (χ0v) is 6.69. The molecular formula is C4H2Cl3F3. The van der Waals surface area contributed by atoms with Gasteiger partial charge in [0.15, 0.2) is 0 Å². The third-order valence-corrected chi connectivity index (χ3v) is 1.21. The van der Waals surface area contributed by atoms with Crippen molar-refractivity contribution in [3.63, 3.8) is 0 Å². The van der Waals surface area contributed by atoms with E-state index in [1.807, 2.05) is 0 Å². The molecule has 0 N–H and O–H groups in total. The van der Waals surface area contributed by atoms with Crippen LogP contribution < -0.4 is 0 Å². The lowest BCUT2D eigenvalue weighted by molar-refractivity contribution is -0.121. The molecule has 0 aliphatic heterocycles. The molecule has 0 aromatic heterocycles. The molecule has 0 radical (unpaired) electrons. The van der Waals surface area contributed by atoms with E-state index in [0.29, 0.717) is 6.08 Å². The minimum atomic E-state index is -4.49. The summed E-state index contributed by atoms with van der Waals surface area (Å²) in [5.74, 6) is 0. The van der Waals surface area contributed by atoms with Gasteiger partial charge in [0.2, 0.25) is 0 Å². The lowest BCUT2D eigenvalue weighted by atomic mass is 10.4. The van der Waals surface area contributed by atoms with Gasteiger partial charge in [0.1, 0.15) is 9.87 Å². The van der Waals surface area contributed by atoms with E-state index in [2.05, 4.69) is 0 Å². The molecule has 0 nitrogen and oxygen atoms in total. The van der Waals surface area contributed by atoms with Crippen LogP contribution in [0.3, 0.4) is 0 Å². The minimum Gasteiger partial charge on any atom is -0.169 e. The van der Waals surface area contributed by atoms with Crippen LogP contribution in [0.2, 0.25) is 0 Å². The van der Waals surface area contributed by atoms with E-state index >= 15 is 0 Å². The normalized spacial score (nSPS) is 14.6. The van der Waals surface area contributed by atoms with E-state index in [0.717, 1.165) is 0 Å². The molecule has 0 unspecified atom stereocenters. The molecule has 0 amide bonds. The fraction of sp³-hybridized carbons (Fsp3) is 0.500. The van der Waals surface area contributed by atoms with Crippen LogP contribution in [0, 0.1) is 0 Å². The number of halogens is 6. The van der Waals surface area contributed by atoms with Crippen molar-refractivity contribution in [1.29, 1.82) is 0 Å². The summed E-state index contributed by atoms with van der Waals surface area (Å²) in [4.78, 5) is 0. The van der Waals surface area contributed by atoms with Gasteiger partial charge >= 0.3 is 6.18 Å². The molecule has 0 aliphatic rings. The van der Waals surface area contributed by atoms with Gasteiger partial charge in [-0.05, 0) is 6.08 Å². The maximum Gasteiger partial charge on any atom is 0.408 e. The molecule has 0 spiro atoms. The van der Waals surface area contributed by atoms with Crippen LogP contribution in [0.15, 0.2) is 10.6 Å². The smallest absolute Gasteiger partial charge is 0.169 e. The fourth-order valence-corrected chi connectivity index (χ4v) is 0.712. The summed E-state index contributed by atoms with van der Waals surface area (Å²) >= 11 is 14.6. The molecule has 6 heteroatoms. The van der Waals surface area contributed by atoms with Crippen molar-refractivity contribution < 1.29 is 13.2 Å². The highest BCUT2D eigenvalue weighted by molar-refractivity contribution is 6.56. The van der Waals surface area contributed by atoms with Gasteiger partial charge in [-0.1, -0.05) is 23.2 Å². The summed E-state index contributed by atoms with van der Waals surface area (Å²) in [6.45, 7) is 0. The Morgan fingerprint density at radius 3 is 1.80 bits per heavy atom. The van der Waals surface area contributed by atoms with Crippen LogP contribution in [0.1, 0.15) is 0 Å². The topological polar surface area (TPSA) is 0 Å².